The summed E-state index contributed by atoms with van der Waals surface area (Å²) in [6.45, 7) is 3.42. The molecule has 0 aliphatic carbocycles. The molecule has 14 heavy (non-hydrogen) atoms. The summed E-state index contributed by atoms with van der Waals surface area (Å²) in [4.78, 5) is 20.5. The van der Waals surface area contributed by atoms with E-state index in [2.05, 4.69) is 0 Å². The van der Waals surface area contributed by atoms with Crippen LogP contribution in [0, 0.1) is 24.0 Å². The van der Waals surface area contributed by atoms with E-state index in [9.17, 15) is 14.9 Å². The van der Waals surface area contributed by atoms with Crippen molar-refractivity contribution in [2.45, 2.75) is 13.8 Å². The Labute approximate surface area is 80.1 Å². The molecule has 5 heteroatoms. The molecule has 0 amide bonds. The zero-order chi connectivity index (χ0) is 10.9. The van der Waals surface area contributed by atoms with Crippen LogP contribution in [0.2, 0.25) is 0 Å². The minimum atomic E-state index is -1.28. The van der Waals surface area contributed by atoms with E-state index >= 15 is 0 Å². The van der Waals surface area contributed by atoms with Gasteiger partial charge in [0.1, 0.15) is 5.56 Å². The monoisotopic (exact) mass is 195 g/mol. The number of carboxylic acids is 1. The second kappa shape index (κ2) is 3.45. The second-order valence-corrected chi connectivity index (χ2v) is 3.02. The fraction of sp³-hybridized carbons (Fsp3) is 0.222. The molecule has 0 fully saturated rings. The summed E-state index contributed by atoms with van der Waals surface area (Å²) < 4.78 is 0. The van der Waals surface area contributed by atoms with Crippen LogP contribution in [0.1, 0.15) is 21.5 Å². The molecule has 1 N–H and O–H groups in total. The second-order valence-electron chi connectivity index (χ2n) is 3.02. The fourth-order valence-corrected chi connectivity index (χ4v) is 1.12. The number of carbonyl (C=O) groups is 1. The molecule has 0 radical (unpaired) electrons. The molecule has 74 valence electrons. The summed E-state index contributed by atoms with van der Waals surface area (Å²) in [5.74, 6) is -1.28. The van der Waals surface area contributed by atoms with Crippen LogP contribution in [-0.2, 0) is 0 Å². The van der Waals surface area contributed by atoms with Gasteiger partial charge in [-0.15, -0.1) is 0 Å². The predicted molar refractivity (Wildman–Crippen MR) is 49.5 cm³/mol. The zero-order valence-corrected chi connectivity index (χ0v) is 7.77. The SMILES string of the molecule is Cc1cc(C(=O)O)c([N+](=O)[O-])cc1C. The number of benzene rings is 1. The van der Waals surface area contributed by atoms with Gasteiger partial charge in [-0.2, -0.15) is 0 Å². The van der Waals surface area contributed by atoms with Gasteiger partial charge in [0.05, 0.1) is 4.92 Å². The molecule has 0 unspecified atom stereocenters. The molecule has 0 bridgehead atoms. The number of carboxylic acid groups (broad SMARTS) is 1. The Morgan fingerprint density at radius 1 is 1.36 bits per heavy atom. The fourth-order valence-electron chi connectivity index (χ4n) is 1.12. The van der Waals surface area contributed by atoms with E-state index < -0.39 is 10.9 Å². The summed E-state index contributed by atoms with van der Waals surface area (Å²) in [6, 6.07) is 2.59. The normalized spacial score (nSPS) is 9.86. The van der Waals surface area contributed by atoms with Crippen LogP contribution in [0.15, 0.2) is 12.1 Å². The lowest BCUT2D eigenvalue weighted by molar-refractivity contribution is -0.385. The van der Waals surface area contributed by atoms with E-state index in [1.54, 1.807) is 13.8 Å². The van der Waals surface area contributed by atoms with Crippen LogP contribution in [0.3, 0.4) is 0 Å². The number of hydrogen-bond acceptors (Lipinski definition) is 3. The van der Waals surface area contributed by atoms with Crippen molar-refractivity contribution in [1.29, 1.82) is 0 Å². The van der Waals surface area contributed by atoms with E-state index in [-0.39, 0.29) is 11.3 Å². The molecule has 5 nitrogen and oxygen atoms in total. The van der Waals surface area contributed by atoms with Crippen LogP contribution in [0.25, 0.3) is 0 Å². The van der Waals surface area contributed by atoms with Gasteiger partial charge in [-0.05, 0) is 31.0 Å². The summed E-state index contributed by atoms with van der Waals surface area (Å²) in [5.41, 5.74) is 0.813. The first-order valence-corrected chi connectivity index (χ1v) is 3.92. The van der Waals surface area contributed by atoms with Crippen LogP contribution in [-0.4, -0.2) is 16.0 Å². The van der Waals surface area contributed by atoms with Gasteiger partial charge in [0, 0.05) is 6.07 Å². The Bertz CT molecular complexity index is 373. The van der Waals surface area contributed by atoms with Gasteiger partial charge < -0.3 is 5.11 Å². The number of hydrogen-bond donors (Lipinski definition) is 1. The Kier molecular flexibility index (Phi) is 2.51. The van der Waals surface area contributed by atoms with Gasteiger partial charge in [0.15, 0.2) is 0 Å². The molecule has 0 heterocycles. The lowest BCUT2D eigenvalue weighted by Crippen LogP contribution is -2.04. The van der Waals surface area contributed by atoms with Crippen molar-refractivity contribution in [3.8, 4) is 0 Å². The van der Waals surface area contributed by atoms with Crippen LogP contribution >= 0.6 is 0 Å². The van der Waals surface area contributed by atoms with Crippen molar-refractivity contribution < 1.29 is 14.8 Å². The van der Waals surface area contributed by atoms with E-state index in [4.69, 9.17) is 5.11 Å². The first kappa shape index (κ1) is 10.2. The molecule has 1 rings (SSSR count). The largest absolute Gasteiger partial charge is 0.477 e. The minimum Gasteiger partial charge on any atom is -0.477 e. The molecular formula is C9H9NO4. The summed E-state index contributed by atoms with van der Waals surface area (Å²) >= 11 is 0. The zero-order valence-electron chi connectivity index (χ0n) is 7.77. The van der Waals surface area contributed by atoms with Crippen LogP contribution in [0.4, 0.5) is 5.69 Å². The van der Waals surface area contributed by atoms with Gasteiger partial charge in [0.25, 0.3) is 5.69 Å². The topological polar surface area (TPSA) is 80.4 Å². The smallest absolute Gasteiger partial charge is 0.342 e. The summed E-state index contributed by atoms with van der Waals surface area (Å²) in [7, 11) is 0. The number of rotatable bonds is 2. The van der Waals surface area contributed by atoms with Crippen molar-refractivity contribution in [2.75, 3.05) is 0 Å². The highest BCUT2D eigenvalue weighted by atomic mass is 16.6. The molecule has 0 aliphatic rings. The molecule has 0 aliphatic heterocycles. The highest BCUT2D eigenvalue weighted by Gasteiger charge is 2.20. The molecule has 0 aromatic heterocycles. The van der Waals surface area contributed by atoms with E-state index in [0.29, 0.717) is 5.56 Å². The Morgan fingerprint density at radius 2 is 1.86 bits per heavy atom. The van der Waals surface area contributed by atoms with E-state index in [1.165, 1.54) is 12.1 Å². The number of aromatic carboxylic acids is 1. The Balaban J connectivity index is 3.46. The molecule has 1 aromatic rings. The lowest BCUT2D eigenvalue weighted by atomic mass is 10.0. The van der Waals surface area contributed by atoms with E-state index in [1.807, 2.05) is 0 Å². The molecule has 0 atom stereocenters. The average Bonchev–Trinajstić information content (AvgIpc) is 2.08. The number of nitro groups is 1. The Morgan fingerprint density at radius 3 is 2.29 bits per heavy atom. The molecule has 1 aromatic carbocycles. The van der Waals surface area contributed by atoms with Crippen molar-refractivity contribution >= 4 is 11.7 Å². The molecule has 0 saturated heterocycles. The van der Waals surface area contributed by atoms with Gasteiger partial charge in [0.2, 0.25) is 0 Å². The summed E-state index contributed by atoms with van der Waals surface area (Å²) in [5, 5.41) is 19.3. The average molecular weight is 195 g/mol. The highest BCUT2D eigenvalue weighted by Crippen LogP contribution is 2.22. The van der Waals surface area contributed by atoms with Gasteiger partial charge >= 0.3 is 5.97 Å². The third-order valence-electron chi connectivity index (χ3n) is 2.04. The van der Waals surface area contributed by atoms with Crippen molar-refractivity contribution in [3.05, 3.63) is 38.9 Å². The predicted octanol–water partition coefficient (Wildman–Crippen LogP) is 1.91. The maximum Gasteiger partial charge on any atom is 0.342 e. The highest BCUT2D eigenvalue weighted by molar-refractivity contribution is 5.92. The standard InChI is InChI=1S/C9H9NO4/c1-5-3-7(9(11)12)8(10(13)14)4-6(5)2/h3-4H,1-2H3,(H,11,12). The van der Waals surface area contributed by atoms with Gasteiger partial charge in [-0.1, -0.05) is 0 Å². The number of aryl methyl sites for hydroxylation is 2. The molecule has 0 saturated carbocycles. The molecule has 0 spiro atoms. The number of nitrogens with zero attached hydrogens (tertiary/aromatic N) is 1. The maximum atomic E-state index is 10.7. The lowest BCUT2D eigenvalue weighted by Gasteiger charge is -2.02. The van der Waals surface area contributed by atoms with Crippen molar-refractivity contribution in [1.82, 2.24) is 0 Å². The quantitative estimate of drug-likeness (QED) is 0.577. The summed E-state index contributed by atoms with van der Waals surface area (Å²) in [6.07, 6.45) is 0. The van der Waals surface area contributed by atoms with Crippen molar-refractivity contribution in [2.24, 2.45) is 0 Å². The van der Waals surface area contributed by atoms with Gasteiger partial charge in [-0.25, -0.2) is 4.79 Å². The van der Waals surface area contributed by atoms with E-state index in [0.717, 1.165) is 5.56 Å². The van der Waals surface area contributed by atoms with Crippen LogP contribution < -0.4 is 0 Å². The first-order chi connectivity index (χ1) is 6.43. The first-order valence-electron chi connectivity index (χ1n) is 3.92. The van der Waals surface area contributed by atoms with Crippen molar-refractivity contribution in [3.63, 3.8) is 0 Å². The van der Waals surface area contributed by atoms with Gasteiger partial charge in [-0.3, -0.25) is 10.1 Å². The number of nitro benzene ring substituents is 1. The Hall–Kier alpha value is -1.91. The maximum absolute atomic E-state index is 10.7. The van der Waals surface area contributed by atoms with Crippen LogP contribution in [0.5, 0.6) is 0 Å². The third kappa shape index (κ3) is 1.71. The molecular weight excluding hydrogens is 186 g/mol. The third-order valence-corrected chi connectivity index (χ3v) is 2.04. The minimum absolute atomic E-state index is 0.266.